The average molecular weight is 278 g/mol. The number of hydrogen-bond acceptors (Lipinski definition) is 1. The number of hydrogen-bond donors (Lipinski definition) is 0. The Morgan fingerprint density at radius 3 is 2.23 bits per heavy atom. The van der Waals surface area contributed by atoms with Gasteiger partial charge in [-0.05, 0) is 33.3 Å². The summed E-state index contributed by atoms with van der Waals surface area (Å²) in [6.45, 7) is 0. The van der Waals surface area contributed by atoms with Crippen molar-refractivity contribution in [2.75, 3.05) is 0 Å². The van der Waals surface area contributed by atoms with E-state index in [1.54, 1.807) is 0 Å². The first-order valence-electron chi connectivity index (χ1n) is 7.35. The average Bonchev–Trinajstić information content (AvgIpc) is 2.59. The van der Waals surface area contributed by atoms with Crippen molar-refractivity contribution in [3.8, 4) is 22.6 Å². The van der Waals surface area contributed by atoms with Crippen molar-refractivity contribution >= 4 is 34.9 Å². The normalized spacial score (nSPS) is 12.2. The molecule has 0 atom stereocenters. The van der Waals surface area contributed by atoms with Crippen molar-refractivity contribution in [3.63, 3.8) is 0 Å². The fourth-order valence-corrected chi connectivity index (χ4v) is 3.45. The lowest BCUT2D eigenvalue weighted by atomic mass is 9.82. The minimum absolute atomic E-state index is 0.713. The molecule has 1 aliphatic heterocycles. The second kappa shape index (κ2) is 4.14. The van der Waals surface area contributed by atoms with Crippen LogP contribution in [0.1, 0.15) is 0 Å². The van der Waals surface area contributed by atoms with Crippen LogP contribution >= 0.6 is 0 Å². The largest absolute Gasteiger partial charge is 0.457 e. The van der Waals surface area contributed by atoms with Crippen LogP contribution in [0.5, 0.6) is 11.5 Å². The summed E-state index contributed by atoms with van der Waals surface area (Å²) in [5.74, 6) is 1.65. The molecule has 0 N–H and O–H groups in total. The molecule has 2 heteroatoms. The van der Waals surface area contributed by atoms with Gasteiger partial charge in [-0.25, -0.2) is 0 Å². The molecule has 1 heterocycles. The van der Waals surface area contributed by atoms with Gasteiger partial charge in [0, 0.05) is 10.9 Å². The fourth-order valence-electron chi connectivity index (χ4n) is 3.45. The summed E-state index contributed by atoms with van der Waals surface area (Å²) in [6.07, 6.45) is 0. The molecule has 0 saturated carbocycles. The summed E-state index contributed by atoms with van der Waals surface area (Å²) in [4.78, 5) is 0. The zero-order valence-electron chi connectivity index (χ0n) is 11.8. The van der Waals surface area contributed by atoms with Gasteiger partial charge >= 0.3 is 0 Å². The fraction of sp³-hybridized carbons (Fsp3) is 0. The van der Waals surface area contributed by atoms with Crippen molar-refractivity contribution in [1.29, 1.82) is 0 Å². The molecule has 2 radical (unpaired) electrons. The highest BCUT2D eigenvalue weighted by Crippen LogP contribution is 2.47. The Morgan fingerprint density at radius 1 is 0.636 bits per heavy atom. The zero-order chi connectivity index (χ0) is 14.7. The Bertz CT molecular complexity index is 1070. The summed E-state index contributed by atoms with van der Waals surface area (Å²) in [5.41, 5.74) is 3.02. The molecule has 0 aliphatic carbocycles. The van der Waals surface area contributed by atoms with E-state index in [4.69, 9.17) is 12.6 Å². The predicted molar refractivity (Wildman–Crippen MR) is 92.4 cm³/mol. The van der Waals surface area contributed by atoms with Crippen molar-refractivity contribution in [2.24, 2.45) is 0 Å². The van der Waals surface area contributed by atoms with Crippen molar-refractivity contribution in [2.45, 2.75) is 0 Å². The highest BCUT2D eigenvalue weighted by molar-refractivity contribution is 6.44. The van der Waals surface area contributed by atoms with Crippen LogP contribution in [0.2, 0.25) is 0 Å². The van der Waals surface area contributed by atoms with E-state index in [-0.39, 0.29) is 0 Å². The van der Waals surface area contributed by atoms with E-state index in [0.717, 1.165) is 27.8 Å². The summed E-state index contributed by atoms with van der Waals surface area (Å²) < 4.78 is 6.16. The highest BCUT2D eigenvalue weighted by atomic mass is 16.5. The van der Waals surface area contributed by atoms with Gasteiger partial charge in [-0.3, -0.25) is 0 Å². The van der Waals surface area contributed by atoms with Crippen LogP contribution in [0.15, 0.2) is 66.7 Å². The number of rotatable bonds is 0. The summed E-state index contributed by atoms with van der Waals surface area (Å²) in [5, 5.41) is 4.51. The molecule has 22 heavy (non-hydrogen) atoms. The topological polar surface area (TPSA) is 9.23 Å². The van der Waals surface area contributed by atoms with E-state index in [1.807, 2.05) is 30.3 Å². The van der Waals surface area contributed by atoms with Crippen LogP contribution in [-0.4, -0.2) is 7.85 Å². The molecule has 100 valence electrons. The van der Waals surface area contributed by atoms with Crippen molar-refractivity contribution in [1.82, 2.24) is 0 Å². The Labute approximate surface area is 129 Å². The first-order chi connectivity index (χ1) is 10.8. The van der Waals surface area contributed by atoms with Gasteiger partial charge in [0.05, 0.1) is 0 Å². The number of fused-ring (bicyclic) bond motifs is 4. The van der Waals surface area contributed by atoms with Crippen LogP contribution in [0.4, 0.5) is 0 Å². The van der Waals surface area contributed by atoms with E-state index in [0.29, 0.717) is 5.46 Å². The third-order valence-electron chi connectivity index (χ3n) is 4.43. The van der Waals surface area contributed by atoms with Crippen LogP contribution in [-0.2, 0) is 0 Å². The van der Waals surface area contributed by atoms with Gasteiger partial charge in [-0.1, -0.05) is 60.7 Å². The molecule has 0 bridgehead atoms. The Hall–Kier alpha value is -2.74. The van der Waals surface area contributed by atoms with Crippen LogP contribution in [0.3, 0.4) is 0 Å². The minimum Gasteiger partial charge on any atom is -0.457 e. The second-order valence-electron chi connectivity index (χ2n) is 5.61. The van der Waals surface area contributed by atoms with Gasteiger partial charge in [0.2, 0.25) is 0 Å². The predicted octanol–water partition coefficient (Wildman–Crippen LogP) is 4.56. The standard InChI is InChI=1S/C20H11BO/c21-19-16-8-2-1-6-12(16)14-9-5-10-15-13-7-3-4-11-17(13)22-20(19)18(14)15/h1-11H. The molecule has 4 aromatic rings. The second-order valence-corrected chi connectivity index (χ2v) is 5.61. The smallest absolute Gasteiger partial charge is 0.135 e. The van der Waals surface area contributed by atoms with Gasteiger partial charge in [0.15, 0.2) is 0 Å². The van der Waals surface area contributed by atoms with Gasteiger partial charge in [-0.2, -0.15) is 0 Å². The van der Waals surface area contributed by atoms with E-state index in [1.165, 1.54) is 16.3 Å². The summed E-state index contributed by atoms with van der Waals surface area (Å²) in [7, 11) is 6.43. The maximum atomic E-state index is 6.43. The third-order valence-corrected chi connectivity index (χ3v) is 4.43. The van der Waals surface area contributed by atoms with Crippen LogP contribution in [0.25, 0.3) is 32.7 Å². The summed E-state index contributed by atoms with van der Waals surface area (Å²) >= 11 is 0. The van der Waals surface area contributed by atoms with E-state index in [2.05, 4.69) is 36.4 Å². The molecule has 0 amide bonds. The highest BCUT2D eigenvalue weighted by Gasteiger charge is 2.22. The minimum atomic E-state index is 0.713. The van der Waals surface area contributed by atoms with Gasteiger partial charge in [0.1, 0.15) is 19.3 Å². The molecule has 1 aliphatic rings. The number of ether oxygens (including phenoxy) is 1. The van der Waals surface area contributed by atoms with Gasteiger partial charge in [-0.15, -0.1) is 0 Å². The summed E-state index contributed by atoms with van der Waals surface area (Å²) in [6, 6.07) is 22.7. The van der Waals surface area contributed by atoms with Crippen molar-refractivity contribution in [3.05, 3.63) is 66.7 Å². The lowest BCUT2D eigenvalue weighted by molar-refractivity contribution is 0.491. The maximum Gasteiger partial charge on any atom is 0.135 e. The Morgan fingerprint density at radius 2 is 1.32 bits per heavy atom. The quantitative estimate of drug-likeness (QED) is 0.298. The van der Waals surface area contributed by atoms with E-state index >= 15 is 0 Å². The number of para-hydroxylation sites is 1. The van der Waals surface area contributed by atoms with E-state index in [9.17, 15) is 0 Å². The molecule has 0 spiro atoms. The van der Waals surface area contributed by atoms with Crippen LogP contribution in [0, 0.1) is 0 Å². The Kier molecular flexibility index (Phi) is 2.23. The van der Waals surface area contributed by atoms with E-state index < -0.39 is 0 Å². The maximum absolute atomic E-state index is 6.43. The third kappa shape index (κ3) is 1.39. The van der Waals surface area contributed by atoms with Gasteiger partial charge in [0.25, 0.3) is 0 Å². The first kappa shape index (κ1) is 11.9. The monoisotopic (exact) mass is 278 g/mol. The zero-order valence-corrected chi connectivity index (χ0v) is 11.8. The molecular weight excluding hydrogens is 267 g/mol. The SMILES string of the molecule is [B]c1c2c3c(cccc3c3ccccc13)-c1ccccc1O2. The molecule has 1 nitrogen and oxygen atoms in total. The molecule has 0 aromatic heterocycles. The number of benzene rings is 4. The lowest BCUT2D eigenvalue weighted by Gasteiger charge is -2.24. The Balaban J connectivity index is 2.08. The molecule has 0 saturated heterocycles. The molecule has 0 unspecified atom stereocenters. The molecule has 0 fully saturated rings. The lowest BCUT2D eigenvalue weighted by Crippen LogP contribution is -2.12. The van der Waals surface area contributed by atoms with Gasteiger partial charge < -0.3 is 4.74 Å². The van der Waals surface area contributed by atoms with Crippen LogP contribution < -0.4 is 10.2 Å². The first-order valence-corrected chi connectivity index (χ1v) is 7.35. The molecular formula is C20H11BO. The molecule has 4 aromatic carbocycles. The molecule has 5 rings (SSSR count). The van der Waals surface area contributed by atoms with Crippen molar-refractivity contribution < 1.29 is 4.74 Å².